The first kappa shape index (κ1) is 14.0. The van der Waals surface area contributed by atoms with Gasteiger partial charge in [0.05, 0.1) is 4.92 Å². The van der Waals surface area contributed by atoms with Crippen molar-refractivity contribution in [2.24, 2.45) is 0 Å². The Kier molecular flexibility index (Phi) is 4.55. The molecule has 0 N–H and O–H groups in total. The van der Waals surface area contributed by atoms with Gasteiger partial charge in [-0.25, -0.2) is 0 Å². The lowest BCUT2D eigenvalue weighted by atomic mass is 10.2. The molecule has 0 fully saturated rings. The van der Waals surface area contributed by atoms with Crippen LogP contribution in [0.5, 0.6) is 0 Å². The second kappa shape index (κ2) is 6.16. The first-order chi connectivity index (χ1) is 9.08. The molecule has 0 atom stereocenters. The third-order valence-electron chi connectivity index (χ3n) is 2.45. The lowest BCUT2D eigenvalue weighted by Crippen LogP contribution is -1.96. The summed E-state index contributed by atoms with van der Waals surface area (Å²) in [5.41, 5.74) is -0.147. The molecule has 2 aromatic carbocycles. The first-order valence-corrected chi connectivity index (χ1v) is 7.16. The van der Waals surface area contributed by atoms with Crippen molar-refractivity contribution in [3.8, 4) is 0 Å². The molecule has 0 saturated heterocycles. The summed E-state index contributed by atoms with van der Waals surface area (Å²) >= 11 is 4.79. The number of halogens is 2. The zero-order valence-corrected chi connectivity index (χ0v) is 12.1. The van der Waals surface area contributed by atoms with Gasteiger partial charge in [-0.1, -0.05) is 34.1 Å². The Morgan fingerprint density at radius 1 is 1.26 bits per heavy atom. The quantitative estimate of drug-likeness (QED) is 0.456. The largest absolute Gasteiger partial charge is 0.305 e. The third kappa shape index (κ3) is 3.54. The fourth-order valence-electron chi connectivity index (χ4n) is 1.54. The van der Waals surface area contributed by atoms with E-state index in [1.807, 2.05) is 24.3 Å². The van der Waals surface area contributed by atoms with Gasteiger partial charge in [0.2, 0.25) is 5.82 Å². The van der Waals surface area contributed by atoms with Gasteiger partial charge < -0.3 is 0 Å². The molecule has 3 nitrogen and oxygen atoms in total. The van der Waals surface area contributed by atoms with E-state index < -0.39 is 16.4 Å². The van der Waals surface area contributed by atoms with Crippen LogP contribution in [-0.2, 0) is 5.75 Å². The minimum atomic E-state index is -0.755. The molecule has 19 heavy (non-hydrogen) atoms. The van der Waals surface area contributed by atoms with Gasteiger partial charge in [0, 0.05) is 26.8 Å². The smallest absolute Gasteiger partial charge is 0.258 e. The SMILES string of the molecule is O=[N+]([O-])c1cccc(CSc2cccc(Br)c2)c1F. The van der Waals surface area contributed by atoms with E-state index in [9.17, 15) is 14.5 Å². The average molecular weight is 342 g/mol. The second-order valence-electron chi connectivity index (χ2n) is 3.75. The van der Waals surface area contributed by atoms with E-state index in [1.54, 1.807) is 6.07 Å². The molecule has 0 aliphatic rings. The Morgan fingerprint density at radius 3 is 2.68 bits per heavy atom. The highest BCUT2D eigenvalue weighted by atomic mass is 79.9. The molecule has 0 heterocycles. The van der Waals surface area contributed by atoms with Crippen LogP contribution in [0.25, 0.3) is 0 Å². The van der Waals surface area contributed by atoms with Crippen molar-refractivity contribution in [2.45, 2.75) is 10.6 Å². The van der Waals surface area contributed by atoms with E-state index in [4.69, 9.17) is 0 Å². The van der Waals surface area contributed by atoms with Gasteiger partial charge in [0.25, 0.3) is 0 Å². The molecule has 6 heteroatoms. The molecule has 0 amide bonds. The summed E-state index contributed by atoms with van der Waals surface area (Å²) in [6.07, 6.45) is 0. The maximum Gasteiger partial charge on any atom is 0.305 e. The van der Waals surface area contributed by atoms with Gasteiger partial charge in [-0.15, -0.1) is 11.8 Å². The third-order valence-corrected chi connectivity index (χ3v) is 3.98. The molecule has 2 rings (SSSR count). The average Bonchev–Trinajstić information content (AvgIpc) is 2.37. The van der Waals surface area contributed by atoms with Crippen molar-refractivity contribution in [3.05, 3.63) is 68.4 Å². The van der Waals surface area contributed by atoms with Crippen molar-refractivity contribution in [2.75, 3.05) is 0 Å². The summed E-state index contributed by atoms with van der Waals surface area (Å²) in [5, 5.41) is 10.6. The minimum Gasteiger partial charge on any atom is -0.258 e. The van der Waals surface area contributed by atoms with Crippen LogP contribution >= 0.6 is 27.7 Å². The summed E-state index contributed by atoms with van der Waals surface area (Å²) in [6.45, 7) is 0. The zero-order valence-electron chi connectivity index (χ0n) is 9.68. The topological polar surface area (TPSA) is 43.1 Å². The molecule has 0 radical (unpaired) electrons. The van der Waals surface area contributed by atoms with Crippen LogP contribution in [0.3, 0.4) is 0 Å². The second-order valence-corrected chi connectivity index (χ2v) is 5.72. The molecule has 0 saturated carbocycles. The Morgan fingerprint density at radius 2 is 2.00 bits per heavy atom. The van der Waals surface area contributed by atoms with Crippen LogP contribution in [0.2, 0.25) is 0 Å². The van der Waals surface area contributed by atoms with E-state index in [-0.39, 0.29) is 0 Å². The van der Waals surface area contributed by atoms with Gasteiger partial charge in [-0.2, -0.15) is 4.39 Å². The van der Waals surface area contributed by atoms with Gasteiger partial charge in [0.15, 0.2) is 0 Å². The first-order valence-electron chi connectivity index (χ1n) is 5.38. The van der Waals surface area contributed by atoms with Gasteiger partial charge >= 0.3 is 5.69 Å². The fraction of sp³-hybridized carbons (Fsp3) is 0.0769. The number of hydrogen-bond donors (Lipinski definition) is 0. The highest BCUT2D eigenvalue weighted by Crippen LogP contribution is 2.28. The summed E-state index contributed by atoms with van der Waals surface area (Å²) in [6, 6.07) is 11.8. The number of benzene rings is 2. The zero-order chi connectivity index (χ0) is 13.8. The maximum absolute atomic E-state index is 13.8. The standard InChI is InChI=1S/C13H9BrFNO2S/c14-10-4-2-5-11(7-10)19-8-9-3-1-6-12(13(9)15)16(17)18/h1-7H,8H2. The minimum absolute atomic E-state index is 0.333. The number of rotatable bonds is 4. The van der Waals surface area contributed by atoms with E-state index in [0.717, 1.165) is 9.37 Å². The number of hydrogen-bond acceptors (Lipinski definition) is 3. The highest BCUT2D eigenvalue weighted by molar-refractivity contribution is 9.10. The van der Waals surface area contributed by atoms with Crippen LogP contribution < -0.4 is 0 Å². The molecule has 0 aliphatic carbocycles. The molecule has 0 bridgehead atoms. The summed E-state index contributed by atoms with van der Waals surface area (Å²) in [5.74, 6) is -0.403. The summed E-state index contributed by atoms with van der Waals surface area (Å²) in [7, 11) is 0. The van der Waals surface area contributed by atoms with Crippen LogP contribution in [0, 0.1) is 15.9 Å². The monoisotopic (exact) mass is 341 g/mol. The van der Waals surface area contributed by atoms with Crippen molar-refractivity contribution in [1.29, 1.82) is 0 Å². The molecule has 0 aliphatic heterocycles. The molecule has 2 aromatic rings. The number of thioether (sulfide) groups is 1. The molecule has 98 valence electrons. The van der Waals surface area contributed by atoms with Gasteiger partial charge in [0.1, 0.15) is 0 Å². The normalized spacial score (nSPS) is 10.4. The van der Waals surface area contributed by atoms with Crippen molar-refractivity contribution < 1.29 is 9.31 Å². The Bertz CT molecular complexity index is 621. The van der Waals surface area contributed by atoms with Gasteiger partial charge in [-0.3, -0.25) is 10.1 Å². The van der Waals surface area contributed by atoms with Gasteiger partial charge in [-0.05, 0) is 18.2 Å². The predicted molar refractivity (Wildman–Crippen MR) is 76.8 cm³/mol. The van der Waals surface area contributed by atoms with Crippen molar-refractivity contribution >= 4 is 33.4 Å². The molecular weight excluding hydrogens is 333 g/mol. The lowest BCUT2D eigenvalue weighted by Gasteiger charge is -2.04. The van der Waals surface area contributed by atoms with E-state index >= 15 is 0 Å². The lowest BCUT2D eigenvalue weighted by molar-refractivity contribution is -0.387. The molecule has 0 spiro atoms. The van der Waals surface area contributed by atoms with Crippen LogP contribution in [0.4, 0.5) is 10.1 Å². The Balaban J connectivity index is 2.16. The van der Waals surface area contributed by atoms with Crippen LogP contribution in [-0.4, -0.2) is 4.92 Å². The number of nitrogens with zero attached hydrogens (tertiary/aromatic N) is 1. The summed E-state index contributed by atoms with van der Waals surface area (Å²) in [4.78, 5) is 10.9. The number of nitro benzene ring substituents is 1. The van der Waals surface area contributed by atoms with Crippen molar-refractivity contribution in [1.82, 2.24) is 0 Å². The Labute approximate surface area is 122 Å². The van der Waals surface area contributed by atoms with E-state index in [1.165, 1.54) is 23.9 Å². The van der Waals surface area contributed by atoms with E-state index in [0.29, 0.717) is 11.3 Å². The summed E-state index contributed by atoms with van der Waals surface area (Å²) < 4.78 is 14.8. The highest BCUT2D eigenvalue weighted by Gasteiger charge is 2.16. The molecule has 0 aromatic heterocycles. The fourth-order valence-corrected chi connectivity index (χ4v) is 3.02. The van der Waals surface area contributed by atoms with Crippen LogP contribution in [0.15, 0.2) is 51.8 Å². The molecular formula is C13H9BrFNO2S. The van der Waals surface area contributed by atoms with Crippen LogP contribution in [0.1, 0.15) is 5.56 Å². The van der Waals surface area contributed by atoms with E-state index in [2.05, 4.69) is 15.9 Å². The number of nitro groups is 1. The maximum atomic E-state index is 13.8. The predicted octanol–water partition coefficient (Wildman–Crippen LogP) is 4.79. The Hall–Kier alpha value is -1.40. The molecule has 0 unspecified atom stereocenters. The van der Waals surface area contributed by atoms with Crippen molar-refractivity contribution in [3.63, 3.8) is 0 Å².